The van der Waals surface area contributed by atoms with Gasteiger partial charge in [-0.2, -0.15) is 0 Å². The lowest BCUT2D eigenvalue weighted by Crippen LogP contribution is -2.27. The summed E-state index contributed by atoms with van der Waals surface area (Å²) in [5.74, 6) is -2.73. The molecule has 0 fully saturated rings. The van der Waals surface area contributed by atoms with Crippen molar-refractivity contribution < 1.29 is 22.3 Å². The SMILES string of the molecule is O=S(=O)(NCCO)c1ccc(Br)c(F)c1F. The fraction of sp³-hybridized carbons (Fsp3) is 0.250. The quantitative estimate of drug-likeness (QED) is 0.815. The highest BCUT2D eigenvalue weighted by molar-refractivity contribution is 9.10. The van der Waals surface area contributed by atoms with Crippen LogP contribution in [0.15, 0.2) is 21.5 Å². The molecule has 16 heavy (non-hydrogen) atoms. The summed E-state index contributed by atoms with van der Waals surface area (Å²) in [6.07, 6.45) is 0. The summed E-state index contributed by atoms with van der Waals surface area (Å²) in [4.78, 5) is -0.790. The van der Waals surface area contributed by atoms with E-state index in [0.29, 0.717) is 0 Å². The third kappa shape index (κ3) is 2.76. The van der Waals surface area contributed by atoms with Crippen molar-refractivity contribution in [3.05, 3.63) is 28.2 Å². The van der Waals surface area contributed by atoms with Gasteiger partial charge in [-0.05, 0) is 28.1 Å². The lowest BCUT2D eigenvalue weighted by Gasteiger charge is -2.07. The fourth-order valence-corrected chi connectivity index (χ4v) is 2.37. The molecule has 1 aromatic carbocycles. The zero-order valence-electron chi connectivity index (χ0n) is 7.87. The lowest BCUT2D eigenvalue weighted by molar-refractivity contribution is 0.301. The molecule has 4 nitrogen and oxygen atoms in total. The first-order valence-corrected chi connectivity index (χ1v) is 6.42. The molecule has 0 saturated heterocycles. The highest BCUT2D eigenvalue weighted by Crippen LogP contribution is 2.23. The summed E-state index contributed by atoms with van der Waals surface area (Å²) >= 11 is 2.73. The zero-order chi connectivity index (χ0) is 12.3. The van der Waals surface area contributed by atoms with Crippen molar-refractivity contribution in [1.29, 1.82) is 0 Å². The van der Waals surface area contributed by atoms with Gasteiger partial charge in [-0.3, -0.25) is 0 Å². The van der Waals surface area contributed by atoms with Gasteiger partial charge < -0.3 is 5.11 Å². The van der Waals surface area contributed by atoms with Gasteiger partial charge in [0.2, 0.25) is 10.0 Å². The Bertz CT molecular complexity index is 492. The van der Waals surface area contributed by atoms with E-state index in [-0.39, 0.29) is 11.0 Å². The Morgan fingerprint density at radius 1 is 1.31 bits per heavy atom. The van der Waals surface area contributed by atoms with Crippen molar-refractivity contribution >= 4 is 26.0 Å². The van der Waals surface area contributed by atoms with Crippen LogP contribution in [0.1, 0.15) is 0 Å². The van der Waals surface area contributed by atoms with Crippen LogP contribution in [0.2, 0.25) is 0 Å². The third-order valence-corrected chi connectivity index (χ3v) is 3.78. The molecule has 0 aliphatic heterocycles. The Hall–Kier alpha value is -0.570. The number of aliphatic hydroxyl groups excluding tert-OH is 1. The molecule has 0 atom stereocenters. The van der Waals surface area contributed by atoms with Crippen LogP contribution in [0.4, 0.5) is 8.78 Å². The summed E-state index contributed by atoms with van der Waals surface area (Å²) < 4.78 is 51.0. The molecule has 8 heteroatoms. The van der Waals surface area contributed by atoms with Crippen molar-refractivity contribution in [2.45, 2.75) is 4.90 Å². The second-order valence-electron chi connectivity index (χ2n) is 2.79. The highest BCUT2D eigenvalue weighted by atomic mass is 79.9. The first kappa shape index (κ1) is 13.5. The van der Waals surface area contributed by atoms with E-state index >= 15 is 0 Å². The number of hydrogen-bond acceptors (Lipinski definition) is 3. The molecule has 90 valence electrons. The molecule has 0 amide bonds. The largest absolute Gasteiger partial charge is 0.395 e. The van der Waals surface area contributed by atoms with Gasteiger partial charge in [-0.1, -0.05) is 0 Å². The number of hydrogen-bond donors (Lipinski definition) is 2. The van der Waals surface area contributed by atoms with Crippen LogP contribution in [0.3, 0.4) is 0 Å². The summed E-state index contributed by atoms with van der Waals surface area (Å²) in [6, 6.07) is 2.02. The van der Waals surface area contributed by atoms with Crippen LogP contribution < -0.4 is 4.72 Å². The minimum absolute atomic E-state index is 0.161. The number of rotatable bonds is 4. The number of halogens is 3. The number of benzene rings is 1. The maximum atomic E-state index is 13.3. The monoisotopic (exact) mass is 315 g/mol. The Morgan fingerprint density at radius 3 is 2.50 bits per heavy atom. The summed E-state index contributed by atoms with van der Waals surface area (Å²) in [7, 11) is -4.14. The van der Waals surface area contributed by atoms with Gasteiger partial charge in [-0.25, -0.2) is 21.9 Å². The minimum Gasteiger partial charge on any atom is -0.395 e. The molecule has 0 spiro atoms. The first-order chi connectivity index (χ1) is 7.40. The van der Waals surface area contributed by atoms with Crippen LogP contribution in [0.5, 0.6) is 0 Å². The molecule has 0 aromatic heterocycles. The van der Waals surface area contributed by atoms with Crippen LogP contribution >= 0.6 is 15.9 Å². The molecule has 0 saturated carbocycles. The first-order valence-electron chi connectivity index (χ1n) is 4.14. The smallest absolute Gasteiger partial charge is 0.243 e. The standard InChI is InChI=1S/C8H8BrF2NO3S/c9-5-1-2-6(8(11)7(5)10)16(14,15)12-3-4-13/h1-2,12-13H,3-4H2. The third-order valence-electron chi connectivity index (χ3n) is 1.69. The zero-order valence-corrected chi connectivity index (χ0v) is 10.3. The Kier molecular flexibility index (Phi) is 4.36. The maximum Gasteiger partial charge on any atom is 0.243 e. The topological polar surface area (TPSA) is 66.4 Å². The van der Waals surface area contributed by atoms with Gasteiger partial charge in [0.1, 0.15) is 4.90 Å². The van der Waals surface area contributed by atoms with E-state index in [4.69, 9.17) is 5.11 Å². The Labute approximate surface area is 99.5 Å². The van der Waals surface area contributed by atoms with Crippen molar-refractivity contribution in [2.24, 2.45) is 0 Å². The van der Waals surface area contributed by atoms with Crippen molar-refractivity contribution in [1.82, 2.24) is 4.72 Å². The molecule has 2 N–H and O–H groups in total. The van der Waals surface area contributed by atoms with Crippen molar-refractivity contribution in [3.8, 4) is 0 Å². The molecule has 0 unspecified atom stereocenters. The van der Waals surface area contributed by atoms with Gasteiger partial charge >= 0.3 is 0 Å². The summed E-state index contributed by atoms with van der Waals surface area (Å²) in [5, 5.41) is 8.44. The molecule has 0 aliphatic rings. The summed E-state index contributed by atoms with van der Waals surface area (Å²) in [6.45, 7) is -0.695. The number of nitrogens with one attached hydrogen (secondary N) is 1. The number of aliphatic hydroxyl groups is 1. The van der Waals surface area contributed by atoms with E-state index in [2.05, 4.69) is 15.9 Å². The van der Waals surface area contributed by atoms with Crippen molar-refractivity contribution in [2.75, 3.05) is 13.2 Å². The second kappa shape index (κ2) is 5.17. The van der Waals surface area contributed by atoms with E-state index in [1.165, 1.54) is 0 Å². The molecule has 0 aliphatic carbocycles. The second-order valence-corrected chi connectivity index (χ2v) is 5.38. The fourth-order valence-electron chi connectivity index (χ4n) is 0.973. The van der Waals surface area contributed by atoms with Gasteiger partial charge in [0.05, 0.1) is 11.1 Å². The van der Waals surface area contributed by atoms with Crippen LogP contribution in [0, 0.1) is 11.6 Å². The Balaban J connectivity index is 3.19. The predicted molar refractivity (Wildman–Crippen MR) is 56.3 cm³/mol. The van der Waals surface area contributed by atoms with Gasteiger partial charge in [0.25, 0.3) is 0 Å². The van der Waals surface area contributed by atoms with Crippen LogP contribution in [-0.2, 0) is 10.0 Å². The Morgan fingerprint density at radius 2 is 1.94 bits per heavy atom. The highest BCUT2D eigenvalue weighted by Gasteiger charge is 2.22. The molecule has 1 aromatic rings. The lowest BCUT2D eigenvalue weighted by atomic mass is 10.3. The van der Waals surface area contributed by atoms with Gasteiger partial charge in [-0.15, -0.1) is 0 Å². The van der Waals surface area contributed by atoms with E-state index in [0.717, 1.165) is 12.1 Å². The summed E-state index contributed by atoms with van der Waals surface area (Å²) in [5.41, 5.74) is 0. The molecule has 1 rings (SSSR count). The van der Waals surface area contributed by atoms with Crippen LogP contribution in [-0.4, -0.2) is 26.7 Å². The average molecular weight is 316 g/mol. The average Bonchev–Trinajstić information content (AvgIpc) is 2.23. The maximum absolute atomic E-state index is 13.3. The van der Waals surface area contributed by atoms with Gasteiger partial charge in [0, 0.05) is 6.54 Å². The van der Waals surface area contributed by atoms with Crippen LogP contribution in [0.25, 0.3) is 0 Å². The number of sulfonamides is 1. The molecule has 0 heterocycles. The molecular formula is C8H8BrF2NO3S. The molecule has 0 radical (unpaired) electrons. The minimum atomic E-state index is -4.14. The predicted octanol–water partition coefficient (Wildman–Crippen LogP) is 0.998. The molecular weight excluding hydrogens is 308 g/mol. The van der Waals surface area contributed by atoms with E-state index in [1.54, 1.807) is 0 Å². The van der Waals surface area contributed by atoms with Gasteiger partial charge in [0.15, 0.2) is 11.6 Å². The normalized spacial score (nSPS) is 11.8. The van der Waals surface area contributed by atoms with E-state index < -0.39 is 33.2 Å². The van der Waals surface area contributed by atoms with E-state index in [1.807, 2.05) is 4.72 Å². The van der Waals surface area contributed by atoms with E-state index in [9.17, 15) is 17.2 Å². The van der Waals surface area contributed by atoms with Crippen molar-refractivity contribution in [3.63, 3.8) is 0 Å². The molecule has 0 bridgehead atoms.